The Morgan fingerprint density at radius 3 is 1.92 bits per heavy atom. The lowest BCUT2D eigenvalue weighted by Gasteiger charge is -2.30. The van der Waals surface area contributed by atoms with Crippen LogP contribution in [0.15, 0.2) is 18.2 Å². The standard InChI is InChI=1S/C17H22N6O3/c24-12-13-2-1-3-14(18-13)15-19-16(22-4-8-25-9-5-22)21-17(20-15)23-6-10-26-11-7-23/h1-3,24H,4-12H2. The quantitative estimate of drug-likeness (QED) is 0.816. The number of ether oxygens (including phenoxy) is 2. The summed E-state index contributed by atoms with van der Waals surface area (Å²) in [6.45, 7) is 5.50. The normalized spacial score (nSPS) is 18.2. The summed E-state index contributed by atoms with van der Waals surface area (Å²) in [5.41, 5.74) is 1.21. The van der Waals surface area contributed by atoms with Crippen molar-refractivity contribution in [3.8, 4) is 11.5 Å². The summed E-state index contributed by atoms with van der Waals surface area (Å²) in [6, 6.07) is 5.47. The van der Waals surface area contributed by atoms with Gasteiger partial charge >= 0.3 is 0 Å². The highest BCUT2D eigenvalue weighted by molar-refractivity contribution is 5.55. The van der Waals surface area contributed by atoms with Crippen LogP contribution >= 0.6 is 0 Å². The molecule has 0 saturated carbocycles. The summed E-state index contributed by atoms with van der Waals surface area (Å²) in [5, 5.41) is 9.37. The van der Waals surface area contributed by atoms with E-state index < -0.39 is 0 Å². The van der Waals surface area contributed by atoms with E-state index in [4.69, 9.17) is 14.5 Å². The number of aliphatic hydroxyl groups is 1. The minimum absolute atomic E-state index is 0.119. The van der Waals surface area contributed by atoms with Gasteiger partial charge in [-0.1, -0.05) is 6.07 Å². The van der Waals surface area contributed by atoms with Gasteiger partial charge in [-0.25, -0.2) is 4.98 Å². The lowest BCUT2D eigenvalue weighted by atomic mass is 10.3. The molecule has 2 fully saturated rings. The van der Waals surface area contributed by atoms with Crippen molar-refractivity contribution < 1.29 is 14.6 Å². The van der Waals surface area contributed by atoms with E-state index in [2.05, 4.69) is 24.8 Å². The van der Waals surface area contributed by atoms with Crippen molar-refractivity contribution in [2.75, 3.05) is 62.4 Å². The second-order valence-corrected chi connectivity index (χ2v) is 6.13. The number of hydrogen-bond acceptors (Lipinski definition) is 9. The third-order valence-corrected chi connectivity index (χ3v) is 4.40. The fourth-order valence-electron chi connectivity index (χ4n) is 2.97. The second kappa shape index (κ2) is 7.90. The molecule has 0 aliphatic carbocycles. The number of nitrogens with zero attached hydrogens (tertiary/aromatic N) is 6. The van der Waals surface area contributed by atoms with Crippen LogP contribution in [-0.2, 0) is 16.1 Å². The van der Waals surface area contributed by atoms with Crippen LogP contribution in [0.5, 0.6) is 0 Å². The summed E-state index contributed by atoms with van der Waals surface area (Å²) in [6.07, 6.45) is 0. The fraction of sp³-hybridized carbons (Fsp3) is 0.529. The summed E-state index contributed by atoms with van der Waals surface area (Å²) in [4.78, 5) is 22.6. The number of anilines is 2. The van der Waals surface area contributed by atoms with Crippen molar-refractivity contribution >= 4 is 11.9 Å². The zero-order valence-electron chi connectivity index (χ0n) is 14.5. The van der Waals surface area contributed by atoms with Crippen LogP contribution in [0.2, 0.25) is 0 Å². The maximum atomic E-state index is 9.37. The predicted molar refractivity (Wildman–Crippen MR) is 95.0 cm³/mol. The van der Waals surface area contributed by atoms with Gasteiger partial charge in [0.15, 0.2) is 5.82 Å². The van der Waals surface area contributed by atoms with E-state index in [-0.39, 0.29) is 6.61 Å². The van der Waals surface area contributed by atoms with Gasteiger partial charge in [0.25, 0.3) is 0 Å². The van der Waals surface area contributed by atoms with Crippen molar-refractivity contribution in [1.29, 1.82) is 0 Å². The van der Waals surface area contributed by atoms with Crippen molar-refractivity contribution in [1.82, 2.24) is 19.9 Å². The van der Waals surface area contributed by atoms with Crippen LogP contribution in [0, 0.1) is 0 Å². The first-order valence-corrected chi connectivity index (χ1v) is 8.82. The number of aliphatic hydroxyl groups excluding tert-OH is 1. The summed E-state index contributed by atoms with van der Waals surface area (Å²) < 4.78 is 10.9. The van der Waals surface area contributed by atoms with Gasteiger partial charge in [0.1, 0.15) is 5.69 Å². The number of rotatable bonds is 4. The Hall–Kier alpha value is -2.36. The van der Waals surface area contributed by atoms with Gasteiger partial charge in [0, 0.05) is 26.2 Å². The Balaban J connectivity index is 1.73. The van der Waals surface area contributed by atoms with Crippen LogP contribution in [0.4, 0.5) is 11.9 Å². The van der Waals surface area contributed by atoms with E-state index in [0.717, 1.165) is 26.2 Å². The van der Waals surface area contributed by atoms with Crippen LogP contribution < -0.4 is 9.80 Å². The highest BCUT2D eigenvalue weighted by Crippen LogP contribution is 2.21. The van der Waals surface area contributed by atoms with Crippen molar-refractivity contribution in [2.24, 2.45) is 0 Å². The first-order valence-electron chi connectivity index (χ1n) is 8.82. The van der Waals surface area contributed by atoms with Crippen LogP contribution in [-0.4, -0.2) is 77.6 Å². The zero-order chi connectivity index (χ0) is 17.8. The van der Waals surface area contributed by atoms with E-state index in [0.29, 0.717) is 55.5 Å². The van der Waals surface area contributed by atoms with Gasteiger partial charge in [-0.15, -0.1) is 0 Å². The van der Waals surface area contributed by atoms with Gasteiger partial charge in [0.2, 0.25) is 11.9 Å². The van der Waals surface area contributed by atoms with Crippen LogP contribution in [0.1, 0.15) is 5.69 Å². The minimum Gasteiger partial charge on any atom is -0.390 e. The molecule has 4 rings (SSSR count). The minimum atomic E-state index is -0.119. The molecule has 9 nitrogen and oxygen atoms in total. The Morgan fingerprint density at radius 1 is 0.808 bits per heavy atom. The molecular formula is C17H22N6O3. The SMILES string of the molecule is OCc1cccc(-c2nc(N3CCOCC3)nc(N3CCOCC3)n2)n1. The molecule has 0 atom stereocenters. The molecule has 4 heterocycles. The molecule has 0 unspecified atom stereocenters. The molecule has 1 N–H and O–H groups in total. The van der Waals surface area contributed by atoms with Crippen molar-refractivity contribution in [2.45, 2.75) is 6.61 Å². The number of morpholine rings is 2. The first-order chi connectivity index (χ1) is 12.8. The van der Waals surface area contributed by atoms with E-state index in [1.54, 1.807) is 6.07 Å². The Kier molecular flexibility index (Phi) is 5.19. The number of aromatic nitrogens is 4. The van der Waals surface area contributed by atoms with Gasteiger partial charge in [-0.2, -0.15) is 15.0 Å². The third-order valence-electron chi connectivity index (χ3n) is 4.40. The van der Waals surface area contributed by atoms with Gasteiger partial charge in [0.05, 0.1) is 38.7 Å². The molecule has 2 aliphatic rings. The molecule has 0 aromatic carbocycles. The lowest BCUT2D eigenvalue weighted by Crippen LogP contribution is -2.40. The number of pyridine rings is 1. The van der Waals surface area contributed by atoms with Gasteiger partial charge < -0.3 is 24.4 Å². The smallest absolute Gasteiger partial charge is 0.230 e. The molecule has 2 aromatic heterocycles. The summed E-state index contributed by atoms with van der Waals surface area (Å²) in [5.74, 6) is 1.78. The maximum absolute atomic E-state index is 9.37. The molecule has 26 heavy (non-hydrogen) atoms. The molecular weight excluding hydrogens is 336 g/mol. The molecule has 9 heteroatoms. The van der Waals surface area contributed by atoms with Gasteiger partial charge in [-0.05, 0) is 12.1 Å². The Bertz CT molecular complexity index is 711. The Morgan fingerprint density at radius 2 is 1.38 bits per heavy atom. The Labute approximate surface area is 151 Å². The lowest BCUT2D eigenvalue weighted by molar-refractivity contribution is 0.121. The van der Waals surface area contributed by atoms with E-state index in [1.165, 1.54) is 0 Å². The highest BCUT2D eigenvalue weighted by atomic mass is 16.5. The molecule has 0 radical (unpaired) electrons. The summed E-state index contributed by atoms with van der Waals surface area (Å²) >= 11 is 0. The highest BCUT2D eigenvalue weighted by Gasteiger charge is 2.21. The van der Waals surface area contributed by atoms with Gasteiger partial charge in [-0.3, -0.25) is 0 Å². The predicted octanol–water partition coefficient (Wildman–Crippen LogP) is 0.0991. The monoisotopic (exact) mass is 358 g/mol. The molecule has 0 bridgehead atoms. The van der Waals surface area contributed by atoms with E-state index in [9.17, 15) is 5.11 Å². The third kappa shape index (κ3) is 3.74. The van der Waals surface area contributed by atoms with Crippen LogP contribution in [0.25, 0.3) is 11.5 Å². The molecule has 0 spiro atoms. The van der Waals surface area contributed by atoms with E-state index >= 15 is 0 Å². The zero-order valence-corrected chi connectivity index (χ0v) is 14.5. The van der Waals surface area contributed by atoms with E-state index in [1.807, 2.05) is 12.1 Å². The molecule has 0 amide bonds. The summed E-state index contributed by atoms with van der Waals surface area (Å²) in [7, 11) is 0. The largest absolute Gasteiger partial charge is 0.390 e. The molecule has 2 aliphatic heterocycles. The second-order valence-electron chi connectivity index (χ2n) is 6.13. The van der Waals surface area contributed by atoms with Crippen molar-refractivity contribution in [3.63, 3.8) is 0 Å². The average Bonchev–Trinajstić information content (AvgIpc) is 2.75. The first kappa shape index (κ1) is 17.1. The average molecular weight is 358 g/mol. The topological polar surface area (TPSA) is 96.7 Å². The van der Waals surface area contributed by atoms with Crippen molar-refractivity contribution in [3.05, 3.63) is 23.9 Å². The van der Waals surface area contributed by atoms with Crippen LogP contribution in [0.3, 0.4) is 0 Å². The number of hydrogen-bond donors (Lipinski definition) is 1. The molecule has 2 saturated heterocycles. The molecule has 138 valence electrons. The molecule has 2 aromatic rings. The maximum Gasteiger partial charge on any atom is 0.230 e. The fourth-order valence-corrected chi connectivity index (χ4v) is 2.97.